The van der Waals surface area contributed by atoms with Crippen molar-refractivity contribution in [3.05, 3.63) is 65.4 Å². The van der Waals surface area contributed by atoms with Crippen LogP contribution in [0.25, 0.3) is 11.2 Å². The fourth-order valence-corrected chi connectivity index (χ4v) is 5.96. The quantitative estimate of drug-likeness (QED) is 0.658. The third-order valence-electron chi connectivity index (χ3n) is 8.22. The van der Waals surface area contributed by atoms with E-state index >= 15 is 0 Å². The summed E-state index contributed by atoms with van der Waals surface area (Å²) in [7, 11) is 2.19. The van der Waals surface area contributed by atoms with Crippen LogP contribution in [-0.4, -0.2) is 68.8 Å². The first-order chi connectivity index (χ1) is 16.7. The molecule has 35 heavy (non-hydrogen) atoms. The number of amides is 1. The van der Waals surface area contributed by atoms with Crippen molar-refractivity contribution in [1.29, 1.82) is 0 Å². The number of carbonyl (C=O) groups is 1. The monoisotopic (exact) mass is 473 g/mol. The maximum Gasteiger partial charge on any atom is 0.251 e. The van der Waals surface area contributed by atoms with Crippen LogP contribution in [0.5, 0.6) is 0 Å². The highest BCUT2D eigenvalue weighted by Gasteiger charge is 2.33. The highest BCUT2D eigenvalue weighted by Crippen LogP contribution is 2.36. The van der Waals surface area contributed by atoms with Gasteiger partial charge in [-0.15, -0.1) is 0 Å². The number of hydrogen-bond acceptors (Lipinski definition) is 4. The number of imidazole rings is 1. The summed E-state index contributed by atoms with van der Waals surface area (Å²) in [6.07, 6.45) is 14.7. The molecule has 3 aliphatic rings. The maximum absolute atomic E-state index is 13.8. The van der Waals surface area contributed by atoms with Crippen molar-refractivity contribution >= 4 is 17.1 Å². The van der Waals surface area contributed by atoms with Gasteiger partial charge in [0.2, 0.25) is 0 Å². The van der Waals surface area contributed by atoms with E-state index in [4.69, 9.17) is 4.98 Å². The predicted octanol–water partition coefficient (Wildman–Crippen LogP) is 4.51. The van der Waals surface area contributed by atoms with Gasteiger partial charge >= 0.3 is 0 Å². The molecule has 1 amide bonds. The molecule has 3 aliphatic heterocycles. The fourth-order valence-electron chi connectivity index (χ4n) is 5.96. The van der Waals surface area contributed by atoms with Crippen LogP contribution >= 0.6 is 0 Å². The summed E-state index contributed by atoms with van der Waals surface area (Å²) in [5, 5.41) is 0. The second kappa shape index (κ2) is 9.30. The number of carbonyl (C=O) groups excluding carboxylic acids is 1. The molecule has 0 aromatic carbocycles. The highest BCUT2D eigenvalue weighted by molar-refractivity contribution is 5.97. The van der Waals surface area contributed by atoms with E-state index in [1.807, 2.05) is 17.9 Å². The second-order valence-electron chi connectivity index (χ2n) is 10.9. The van der Waals surface area contributed by atoms with Gasteiger partial charge in [-0.2, -0.15) is 0 Å². The topological polar surface area (TPSA) is 44.1 Å². The number of nitrogens with zero attached hydrogens (tertiary/aromatic N) is 5. The molecule has 6 heteroatoms. The average Bonchev–Trinajstić information content (AvgIpc) is 3.22. The number of fused-ring (bicyclic) bond motifs is 2. The van der Waals surface area contributed by atoms with E-state index in [-0.39, 0.29) is 11.9 Å². The van der Waals surface area contributed by atoms with Crippen LogP contribution < -0.4 is 0 Å². The molecule has 1 saturated heterocycles. The Bertz CT molecular complexity index is 1220. The van der Waals surface area contributed by atoms with E-state index < -0.39 is 0 Å². The number of likely N-dealkylation sites (N-methyl/N-ethyl adjacent to an activating group) is 1. The number of aryl methyl sites for hydroxylation is 2. The van der Waals surface area contributed by atoms with E-state index in [9.17, 15) is 4.79 Å². The summed E-state index contributed by atoms with van der Waals surface area (Å²) in [5.41, 5.74) is 6.65. The van der Waals surface area contributed by atoms with Crippen LogP contribution in [0, 0.1) is 18.8 Å². The van der Waals surface area contributed by atoms with Crippen molar-refractivity contribution in [3.63, 3.8) is 0 Å². The van der Waals surface area contributed by atoms with Crippen molar-refractivity contribution < 1.29 is 4.79 Å². The summed E-state index contributed by atoms with van der Waals surface area (Å²) in [6.45, 7) is 14.0. The molecular weight excluding hydrogens is 434 g/mol. The third kappa shape index (κ3) is 4.44. The lowest BCUT2D eigenvalue weighted by Crippen LogP contribution is -2.50. The normalized spacial score (nSPS) is 28.0. The minimum Gasteiger partial charge on any atom is -0.368 e. The predicted molar refractivity (Wildman–Crippen MR) is 142 cm³/mol. The molecule has 186 valence electrons. The Hall–Kier alpha value is -2.86. The van der Waals surface area contributed by atoms with Crippen LogP contribution in [0.1, 0.15) is 50.9 Å². The molecule has 1 fully saturated rings. The van der Waals surface area contributed by atoms with Crippen molar-refractivity contribution in [3.8, 4) is 0 Å². The second-order valence-corrected chi connectivity index (χ2v) is 10.9. The van der Waals surface area contributed by atoms with Crippen LogP contribution in [0.2, 0.25) is 0 Å². The molecule has 4 atom stereocenters. The number of aromatic nitrogens is 2. The fraction of sp³-hybridized carbons (Fsp3) is 0.517. The van der Waals surface area contributed by atoms with Gasteiger partial charge in [0.05, 0.1) is 17.4 Å². The van der Waals surface area contributed by atoms with Gasteiger partial charge in [-0.1, -0.05) is 26.8 Å². The van der Waals surface area contributed by atoms with Gasteiger partial charge in [-0.25, -0.2) is 4.98 Å². The molecular formula is C29H39N5O. The van der Waals surface area contributed by atoms with Crippen LogP contribution in [0.4, 0.5) is 0 Å². The van der Waals surface area contributed by atoms with E-state index in [1.165, 1.54) is 5.56 Å². The van der Waals surface area contributed by atoms with Crippen molar-refractivity contribution in [1.82, 2.24) is 24.1 Å². The number of pyridine rings is 1. The van der Waals surface area contributed by atoms with Gasteiger partial charge in [-0.05, 0) is 74.4 Å². The molecule has 5 rings (SSSR count). The minimum atomic E-state index is 0.0763. The summed E-state index contributed by atoms with van der Waals surface area (Å²) in [5.74, 6) is 0.732. The Labute approximate surface area is 209 Å². The Kier molecular flexibility index (Phi) is 6.34. The van der Waals surface area contributed by atoms with Crippen LogP contribution in [-0.2, 0) is 11.2 Å². The van der Waals surface area contributed by atoms with Gasteiger partial charge in [0.25, 0.3) is 5.91 Å². The molecule has 0 N–H and O–H groups in total. The lowest BCUT2D eigenvalue weighted by molar-refractivity contribution is -0.125. The SMILES string of the molecule is CCc1cc(C2=CC(=O)N3C=C(N4CCN(C)C(C)C4)C=CC3C(C)CC2C)cn2cc(C)nc12. The summed E-state index contributed by atoms with van der Waals surface area (Å²) in [6, 6.07) is 2.84. The zero-order valence-corrected chi connectivity index (χ0v) is 22.0. The zero-order chi connectivity index (χ0) is 24.9. The number of hydrogen-bond donors (Lipinski definition) is 0. The van der Waals surface area contributed by atoms with E-state index in [2.05, 4.69) is 85.8 Å². The summed E-state index contributed by atoms with van der Waals surface area (Å²) in [4.78, 5) is 25.3. The number of rotatable bonds is 3. The number of allylic oxidation sites excluding steroid dienone is 2. The first kappa shape index (κ1) is 23.9. The number of piperazine rings is 1. The molecule has 2 aromatic rings. The molecule has 4 unspecified atom stereocenters. The summed E-state index contributed by atoms with van der Waals surface area (Å²) >= 11 is 0. The summed E-state index contributed by atoms with van der Waals surface area (Å²) < 4.78 is 2.13. The first-order valence-electron chi connectivity index (χ1n) is 13.1. The van der Waals surface area contributed by atoms with Gasteiger partial charge in [0.15, 0.2) is 0 Å². The smallest absolute Gasteiger partial charge is 0.251 e. The lowest BCUT2D eigenvalue weighted by Gasteiger charge is -2.42. The Morgan fingerprint density at radius 1 is 1.14 bits per heavy atom. The Morgan fingerprint density at radius 3 is 2.69 bits per heavy atom. The molecule has 6 nitrogen and oxygen atoms in total. The van der Waals surface area contributed by atoms with Gasteiger partial charge in [0.1, 0.15) is 5.65 Å². The molecule has 5 heterocycles. The molecule has 0 spiro atoms. The molecule has 0 saturated carbocycles. The minimum absolute atomic E-state index is 0.0763. The molecule has 0 aliphatic carbocycles. The highest BCUT2D eigenvalue weighted by atomic mass is 16.2. The lowest BCUT2D eigenvalue weighted by atomic mass is 9.81. The van der Waals surface area contributed by atoms with Crippen molar-refractivity contribution in [2.75, 3.05) is 26.7 Å². The molecule has 0 radical (unpaired) electrons. The average molecular weight is 474 g/mol. The van der Waals surface area contributed by atoms with Crippen LogP contribution in [0.15, 0.2) is 48.6 Å². The van der Waals surface area contributed by atoms with E-state index in [0.29, 0.717) is 17.9 Å². The van der Waals surface area contributed by atoms with Gasteiger partial charge in [-0.3, -0.25) is 4.79 Å². The van der Waals surface area contributed by atoms with Gasteiger partial charge in [0, 0.05) is 50.3 Å². The standard InChI is InChI=1S/C29H39N5O/c1-7-23-13-24(17-33-15-21(4)30-29(23)33)26-14-28(35)34-18-25(32-11-10-31(6)22(5)16-32)8-9-27(34)20(3)12-19(26)2/h8-9,13-15,17-20,22,27H,7,10-12,16H2,1-6H3. The third-order valence-corrected chi connectivity index (χ3v) is 8.22. The van der Waals surface area contributed by atoms with E-state index in [0.717, 1.165) is 60.7 Å². The molecule has 0 bridgehead atoms. The van der Waals surface area contributed by atoms with Crippen molar-refractivity contribution in [2.45, 2.75) is 59.5 Å². The maximum atomic E-state index is 13.8. The van der Waals surface area contributed by atoms with Gasteiger partial charge < -0.3 is 19.1 Å². The zero-order valence-electron chi connectivity index (χ0n) is 22.0. The molecule has 2 aromatic heterocycles. The first-order valence-corrected chi connectivity index (χ1v) is 13.1. The van der Waals surface area contributed by atoms with Crippen LogP contribution in [0.3, 0.4) is 0 Å². The van der Waals surface area contributed by atoms with Crippen molar-refractivity contribution in [2.24, 2.45) is 11.8 Å². The Morgan fingerprint density at radius 2 is 1.94 bits per heavy atom. The van der Waals surface area contributed by atoms with E-state index in [1.54, 1.807) is 0 Å². The largest absolute Gasteiger partial charge is 0.368 e. The Balaban J connectivity index is 1.51.